The van der Waals surface area contributed by atoms with Crippen molar-refractivity contribution in [2.75, 3.05) is 13.1 Å². The van der Waals surface area contributed by atoms with Gasteiger partial charge in [-0.15, -0.1) is 12.4 Å². The van der Waals surface area contributed by atoms with E-state index in [1.54, 1.807) is 0 Å². The quantitative estimate of drug-likeness (QED) is 0.815. The average Bonchev–Trinajstić information content (AvgIpc) is 2.65. The van der Waals surface area contributed by atoms with Gasteiger partial charge in [0.2, 0.25) is 11.8 Å². The van der Waals surface area contributed by atoms with Gasteiger partial charge in [-0.1, -0.05) is 60.7 Å². The van der Waals surface area contributed by atoms with E-state index >= 15 is 0 Å². The fraction of sp³-hybridized carbons (Fsp3) is 0.300. The van der Waals surface area contributed by atoms with Gasteiger partial charge in [-0.05, 0) is 11.1 Å². The van der Waals surface area contributed by atoms with Crippen molar-refractivity contribution in [1.29, 1.82) is 0 Å². The van der Waals surface area contributed by atoms with Crippen molar-refractivity contribution in [3.05, 3.63) is 71.8 Å². The predicted molar refractivity (Wildman–Crippen MR) is 104 cm³/mol. The van der Waals surface area contributed by atoms with Gasteiger partial charge in [-0.2, -0.15) is 0 Å². The zero-order chi connectivity index (χ0) is 17.5. The summed E-state index contributed by atoms with van der Waals surface area (Å²) in [6.45, 7) is 2.43. The third kappa shape index (κ3) is 5.58. The molecule has 0 aromatic heterocycles. The minimum atomic E-state index is -0.451. The molecule has 1 fully saturated rings. The molecule has 6 heteroatoms. The Balaban J connectivity index is 0.00000243. The standard InChI is InChI=1S/C20H23N3O2.ClH/c24-19(22-14-16-7-3-1-4-8-16)13-18-20(25)23(12-11-21-18)15-17-9-5-2-6-10-17;/h1-10,18,21H,11-15H2,(H,22,24);1H. The number of carbonyl (C=O) groups excluding carboxylic acids is 2. The molecule has 5 nitrogen and oxygen atoms in total. The van der Waals surface area contributed by atoms with Crippen molar-refractivity contribution in [3.63, 3.8) is 0 Å². The van der Waals surface area contributed by atoms with Crippen LogP contribution < -0.4 is 10.6 Å². The molecule has 0 aliphatic carbocycles. The minimum Gasteiger partial charge on any atom is -0.352 e. The van der Waals surface area contributed by atoms with E-state index in [4.69, 9.17) is 0 Å². The Kier molecular flexibility index (Phi) is 7.63. The molecular formula is C20H24ClN3O2. The molecule has 1 unspecified atom stereocenters. The summed E-state index contributed by atoms with van der Waals surface area (Å²) in [5.41, 5.74) is 2.15. The Hall–Kier alpha value is -2.37. The molecule has 0 spiro atoms. The zero-order valence-corrected chi connectivity index (χ0v) is 15.4. The lowest BCUT2D eigenvalue weighted by molar-refractivity contribution is -0.138. The largest absolute Gasteiger partial charge is 0.352 e. The lowest BCUT2D eigenvalue weighted by Gasteiger charge is -2.33. The van der Waals surface area contributed by atoms with Crippen LogP contribution in [0.5, 0.6) is 0 Å². The fourth-order valence-electron chi connectivity index (χ4n) is 2.97. The molecule has 2 aromatic carbocycles. The SMILES string of the molecule is Cl.O=C(CC1NCCN(Cc2ccccc2)C1=O)NCc1ccccc1. The van der Waals surface area contributed by atoms with Gasteiger partial charge in [0.05, 0.1) is 12.5 Å². The first-order chi connectivity index (χ1) is 12.2. The molecule has 26 heavy (non-hydrogen) atoms. The maximum absolute atomic E-state index is 12.6. The van der Waals surface area contributed by atoms with Crippen LogP contribution in [0.4, 0.5) is 0 Å². The number of benzene rings is 2. The molecule has 138 valence electrons. The molecular weight excluding hydrogens is 350 g/mol. The Morgan fingerprint density at radius 1 is 1.04 bits per heavy atom. The Morgan fingerprint density at radius 2 is 1.65 bits per heavy atom. The molecule has 1 heterocycles. The van der Waals surface area contributed by atoms with E-state index in [0.717, 1.165) is 11.1 Å². The van der Waals surface area contributed by atoms with E-state index in [9.17, 15) is 9.59 Å². The Labute approximate surface area is 160 Å². The number of hydrogen-bond donors (Lipinski definition) is 2. The van der Waals surface area contributed by atoms with Gasteiger partial charge in [0, 0.05) is 26.2 Å². The smallest absolute Gasteiger partial charge is 0.240 e. The molecule has 0 radical (unpaired) electrons. The first-order valence-corrected chi connectivity index (χ1v) is 8.59. The van der Waals surface area contributed by atoms with Gasteiger partial charge in [0.1, 0.15) is 0 Å². The van der Waals surface area contributed by atoms with Crippen LogP contribution in [-0.4, -0.2) is 35.8 Å². The molecule has 0 bridgehead atoms. The van der Waals surface area contributed by atoms with Crippen molar-refractivity contribution in [2.45, 2.75) is 25.6 Å². The molecule has 0 saturated carbocycles. The number of rotatable bonds is 6. The number of amides is 2. The van der Waals surface area contributed by atoms with E-state index in [-0.39, 0.29) is 30.6 Å². The molecule has 1 saturated heterocycles. The number of nitrogens with zero attached hydrogens (tertiary/aromatic N) is 1. The summed E-state index contributed by atoms with van der Waals surface area (Å²) in [5, 5.41) is 6.04. The normalized spacial score (nSPS) is 16.7. The van der Waals surface area contributed by atoms with Crippen molar-refractivity contribution in [3.8, 4) is 0 Å². The Bertz CT molecular complexity index is 710. The lowest BCUT2D eigenvalue weighted by atomic mass is 10.1. The van der Waals surface area contributed by atoms with Gasteiger partial charge in [0.25, 0.3) is 0 Å². The van der Waals surface area contributed by atoms with Crippen LogP contribution in [0.25, 0.3) is 0 Å². The van der Waals surface area contributed by atoms with Crippen molar-refractivity contribution in [1.82, 2.24) is 15.5 Å². The van der Waals surface area contributed by atoms with Crippen molar-refractivity contribution >= 4 is 24.2 Å². The van der Waals surface area contributed by atoms with Gasteiger partial charge in [-0.3, -0.25) is 9.59 Å². The van der Waals surface area contributed by atoms with Crippen LogP contribution >= 0.6 is 12.4 Å². The average molecular weight is 374 g/mol. The van der Waals surface area contributed by atoms with Crippen LogP contribution in [0.3, 0.4) is 0 Å². The monoisotopic (exact) mass is 373 g/mol. The summed E-state index contributed by atoms with van der Waals surface area (Å²) >= 11 is 0. The number of piperazine rings is 1. The molecule has 2 N–H and O–H groups in total. The van der Waals surface area contributed by atoms with Crippen LogP contribution in [0.15, 0.2) is 60.7 Å². The number of nitrogens with one attached hydrogen (secondary N) is 2. The third-order valence-corrected chi connectivity index (χ3v) is 4.32. The molecule has 1 aliphatic heterocycles. The van der Waals surface area contributed by atoms with Crippen molar-refractivity contribution < 1.29 is 9.59 Å². The maximum atomic E-state index is 12.6. The van der Waals surface area contributed by atoms with Crippen LogP contribution in [0.1, 0.15) is 17.5 Å². The van der Waals surface area contributed by atoms with E-state index in [1.165, 1.54) is 0 Å². The summed E-state index contributed by atoms with van der Waals surface area (Å²) < 4.78 is 0. The first-order valence-electron chi connectivity index (χ1n) is 8.59. The fourth-order valence-corrected chi connectivity index (χ4v) is 2.97. The van der Waals surface area contributed by atoms with Crippen LogP contribution in [-0.2, 0) is 22.7 Å². The van der Waals surface area contributed by atoms with Gasteiger partial charge in [0.15, 0.2) is 0 Å². The number of carbonyl (C=O) groups is 2. The van der Waals surface area contributed by atoms with E-state index in [1.807, 2.05) is 65.6 Å². The van der Waals surface area contributed by atoms with E-state index < -0.39 is 6.04 Å². The maximum Gasteiger partial charge on any atom is 0.240 e. The van der Waals surface area contributed by atoms with Crippen LogP contribution in [0.2, 0.25) is 0 Å². The second-order valence-electron chi connectivity index (χ2n) is 6.22. The van der Waals surface area contributed by atoms with Gasteiger partial charge >= 0.3 is 0 Å². The zero-order valence-electron chi connectivity index (χ0n) is 14.6. The molecule has 2 aromatic rings. The molecule has 1 aliphatic rings. The number of hydrogen-bond acceptors (Lipinski definition) is 3. The highest BCUT2D eigenvalue weighted by Gasteiger charge is 2.29. The minimum absolute atomic E-state index is 0. The summed E-state index contributed by atoms with van der Waals surface area (Å²) in [6.07, 6.45) is 0.164. The summed E-state index contributed by atoms with van der Waals surface area (Å²) in [6, 6.07) is 19.2. The van der Waals surface area contributed by atoms with Gasteiger partial charge in [-0.25, -0.2) is 0 Å². The summed E-state index contributed by atoms with van der Waals surface area (Å²) in [4.78, 5) is 26.6. The predicted octanol–water partition coefficient (Wildman–Crippen LogP) is 2.12. The topological polar surface area (TPSA) is 61.4 Å². The van der Waals surface area contributed by atoms with Crippen molar-refractivity contribution in [2.24, 2.45) is 0 Å². The second-order valence-corrected chi connectivity index (χ2v) is 6.22. The summed E-state index contributed by atoms with van der Waals surface area (Å²) in [7, 11) is 0. The molecule has 2 amide bonds. The lowest BCUT2D eigenvalue weighted by Crippen LogP contribution is -2.55. The number of halogens is 1. The first kappa shape index (κ1) is 19.9. The highest BCUT2D eigenvalue weighted by Crippen LogP contribution is 2.11. The van der Waals surface area contributed by atoms with E-state index in [0.29, 0.717) is 26.2 Å². The van der Waals surface area contributed by atoms with Gasteiger partial charge < -0.3 is 15.5 Å². The highest BCUT2D eigenvalue weighted by atomic mass is 35.5. The second kappa shape index (κ2) is 9.94. The molecule has 1 atom stereocenters. The highest BCUT2D eigenvalue weighted by molar-refractivity contribution is 5.88. The third-order valence-electron chi connectivity index (χ3n) is 4.32. The van der Waals surface area contributed by atoms with Crippen LogP contribution in [0, 0.1) is 0 Å². The molecule has 3 rings (SSSR count). The summed E-state index contributed by atoms with van der Waals surface area (Å²) in [5.74, 6) is -0.124. The van der Waals surface area contributed by atoms with E-state index in [2.05, 4.69) is 10.6 Å². The Morgan fingerprint density at radius 3 is 2.31 bits per heavy atom.